The van der Waals surface area contributed by atoms with Gasteiger partial charge in [-0.15, -0.1) is 0 Å². The highest BCUT2D eigenvalue weighted by Crippen LogP contribution is 2.76. The van der Waals surface area contributed by atoms with E-state index in [9.17, 15) is 9.59 Å². The lowest BCUT2D eigenvalue weighted by Gasteiger charge is -2.71. The lowest BCUT2D eigenvalue weighted by atomic mass is 9.34. The van der Waals surface area contributed by atoms with Gasteiger partial charge in [0.2, 0.25) is 0 Å². The topological polar surface area (TPSA) is 52.6 Å². The molecule has 39 heavy (non-hydrogen) atoms. The third kappa shape index (κ3) is 4.35. The minimum Gasteiger partial charge on any atom is -0.465 e. The van der Waals surface area contributed by atoms with Crippen LogP contribution in [-0.2, 0) is 19.1 Å². The number of allylic oxidation sites excluding steroid dienone is 1. The first-order chi connectivity index (χ1) is 18.3. The molecule has 0 aliphatic heterocycles. The summed E-state index contributed by atoms with van der Waals surface area (Å²) in [7, 11) is 0. The van der Waals surface area contributed by atoms with E-state index in [-0.39, 0.29) is 28.9 Å². The highest BCUT2D eigenvalue weighted by atomic mass is 16.5. The van der Waals surface area contributed by atoms with E-state index in [1.54, 1.807) is 25.0 Å². The minimum atomic E-state index is -0.136. The molecule has 4 heteroatoms. The smallest absolute Gasteiger partial charge is 0.302 e. The highest BCUT2D eigenvalue weighted by Gasteiger charge is 2.68. The molecule has 0 amide bonds. The number of hydrogen-bond acceptors (Lipinski definition) is 4. The van der Waals surface area contributed by atoms with Crippen molar-refractivity contribution in [3.8, 4) is 0 Å². The van der Waals surface area contributed by atoms with Gasteiger partial charge in [-0.1, -0.05) is 59.1 Å². The van der Waals surface area contributed by atoms with Crippen LogP contribution in [0.5, 0.6) is 0 Å². The molecule has 0 N–H and O–H groups in total. The number of rotatable bonds is 6. The number of hydrogen-bond donors (Lipinski definition) is 0. The largest absolute Gasteiger partial charge is 0.465 e. The summed E-state index contributed by atoms with van der Waals surface area (Å²) in [5.41, 5.74) is 4.36. The third-order valence-electron chi connectivity index (χ3n) is 13.6. The predicted molar refractivity (Wildman–Crippen MR) is 156 cm³/mol. The monoisotopic (exact) mass is 540 g/mol. The van der Waals surface area contributed by atoms with Crippen molar-refractivity contribution < 1.29 is 19.1 Å². The lowest BCUT2D eigenvalue weighted by Crippen LogP contribution is -2.64. The summed E-state index contributed by atoms with van der Waals surface area (Å²) in [6.07, 6.45) is 14.5. The lowest BCUT2D eigenvalue weighted by molar-refractivity contribution is -0.218. The average molecular weight is 541 g/mol. The van der Waals surface area contributed by atoms with E-state index in [1.807, 2.05) is 0 Å². The molecule has 0 aromatic rings. The summed E-state index contributed by atoms with van der Waals surface area (Å²) in [5, 5.41) is 0. The first-order valence-corrected chi connectivity index (χ1v) is 16.4. The molecule has 0 aromatic carbocycles. The van der Waals surface area contributed by atoms with Crippen LogP contribution >= 0.6 is 0 Å². The fourth-order valence-electron chi connectivity index (χ4n) is 11.7. The normalized spacial score (nSPS) is 45.2. The van der Waals surface area contributed by atoms with Gasteiger partial charge in [-0.3, -0.25) is 9.59 Å². The Labute approximate surface area is 238 Å². The Morgan fingerprint density at radius 1 is 0.897 bits per heavy atom. The van der Waals surface area contributed by atoms with Gasteiger partial charge < -0.3 is 9.47 Å². The van der Waals surface area contributed by atoms with E-state index < -0.39 is 0 Å². The summed E-state index contributed by atoms with van der Waals surface area (Å²) >= 11 is 0. The summed E-state index contributed by atoms with van der Waals surface area (Å²) in [6.45, 7) is 18.8. The van der Waals surface area contributed by atoms with E-state index in [0.29, 0.717) is 47.0 Å². The summed E-state index contributed by atoms with van der Waals surface area (Å²) < 4.78 is 11.8. The van der Waals surface area contributed by atoms with Gasteiger partial charge in [0, 0.05) is 19.3 Å². The van der Waals surface area contributed by atoms with E-state index in [4.69, 9.17) is 9.47 Å². The van der Waals surface area contributed by atoms with Crippen molar-refractivity contribution in [3.63, 3.8) is 0 Å². The molecule has 0 bridgehead atoms. The maximum Gasteiger partial charge on any atom is 0.302 e. The average Bonchev–Trinajstić information content (AvgIpc) is 3.25. The standard InChI is InChI=1S/C35H56O4/c1-9-10-26-27-14-17-34(8)30(32(27,6)16-15-29(26)39-24(5)37)12-11-28-31-25(22(2)3)13-18-35(31,21-38-23(4)36)20-19-33(28,34)7/h22,26-30H,9-21H2,1-8H3/t26-,27+,28-,29+,30-,32+,33-,34-,35-/m1/s1. The molecule has 4 saturated carbocycles. The Bertz CT molecular complexity index is 1010. The quantitative estimate of drug-likeness (QED) is 0.250. The maximum atomic E-state index is 12.0. The van der Waals surface area contributed by atoms with Crippen molar-refractivity contribution in [2.45, 2.75) is 139 Å². The number of esters is 2. The Kier molecular flexibility index (Phi) is 7.63. The van der Waals surface area contributed by atoms with Gasteiger partial charge in [-0.25, -0.2) is 0 Å². The van der Waals surface area contributed by atoms with Crippen LogP contribution in [0.2, 0.25) is 0 Å². The number of carbonyl (C=O) groups is 2. The predicted octanol–water partition coefficient (Wildman–Crippen LogP) is 8.67. The highest BCUT2D eigenvalue weighted by molar-refractivity contribution is 5.66. The van der Waals surface area contributed by atoms with Crippen molar-refractivity contribution in [3.05, 3.63) is 11.1 Å². The molecule has 4 nitrogen and oxygen atoms in total. The molecule has 220 valence electrons. The second-order valence-electron chi connectivity index (χ2n) is 15.5. The first kappa shape index (κ1) is 29.2. The van der Waals surface area contributed by atoms with E-state index in [2.05, 4.69) is 41.5 Å². The maximum absolute atomic E-state index is 12.0. The molecule has 5 rings (SSSR count). The minimum absolute atomic E-state index is 0.0636. The Morgan fingerprint density at radius 2 is 1.64 bits per heavy atom. The summed E-state index contributed by atoms with van der Waals surface area (Å²) in [4.78, 5) is 23.9. The molecular weight excluding hydrogens is 484 g/mol. The van der Waals surface area contributed by atoms with Gasteiger partial charge in [0.15, 0.2) is 0 Å². The van der Waals surface area contributed by atoms with Crippen molar-refractivity contribution in [2.24, 2.45) is 51.2 Å². The van der Waals surface area contributed by atoms with Gasteiger partial charge in [0.1, 0.15) is 12.7 Å². The molecule has 0 heterocycles. The first-order valence-electron chi connectivity index (χ1n) is 16.4. The van der Waals surface area contributed by atoms with Gasteiger partial charge in [-0.05, 0) is 116 Å². The zero-order chi connectivity index (χ0) is 28.4. The molecule has 0 spiro atoms. The van der Waals surface area contributed by atoms with Crippen molar-refractivity contribution in [2.75, 3.05) is 6.61 Å². The van der Waals surface area contributed by atoms with Gasteiger partial charge in [0.05, 0.1) is 0 Å². The van der Waals surface area contributed by atoms with Gasteiger partial charge in [0.25, 0.3) is 0 Å². The molecule has 0 saturated heterocycles. The molecule has 0 radical (unpaired) electrons. The van der Waals surface area contributed by atoms with Crippen LogP contribution in [0.3, 0.4) is 0 Å². The van der Waals surface area contributed by atoms with Crippen LogP contribution in [0.15, 0.2) is 11.1 Å². The number of carbonyl (C=O) groups excluding carboxylic acids is 2. The Morgan fingerprint density at radius 3 is 2.28 bits per heavy atom. The molecule has 4 fully saturated rings. The van der Waals surface area contributed by atoms with Crippen LogP contribution in [0.25, 0.3) is 0 Å². The third-order valence-corrected chi connectivity index (χ3v) is 13.6. The molecule has 0 unspecified atom stereocenters. The second kappa shape index (κ2) is 10.2. The van der Waals surface area contributed by atoms with Crippen LogP contribution in [0, 0.1) is 51.2 Å². The molecule has 0 aromatic heterocycles. The van der Waals surface area contributed by atoms with Gasteiger partial charge in [-0.2, -0.15) is 0 Å². The zero-order valence-corrected chi connectivity index (χ0v) is 26.3. The van der Waals surface area contributed by atoms with Crippen molar-refractivity contribution in [1.82, 2.24) is 0 Å². The Balaban J connectivity index is 1.50. The number of fused-ring (bicyclic) bond motifs is 7. The fourth-order valence-corrected chi connectivity index (χ4v) is 11.7. The van der Waals surface area contributed by atoms with Crippen LogP contribution in [0.4, 0.5) is 0 Å². The second-order valence-corrected chi connectivity index (χ2v) is 15.5. The SMILES string of the molecule is CCC[C@H]1[C@@H](OC(C)=O)CC[C@]2(C)[C@H]3CC[C@@H]4C5=C(C(C)C)CC[C@]5(COC(C)=O)CC[C@@]4(C)[C@]3(C)CC[C@@H]12. The number of ether oxygens (including phenoxy) is 2. The van der Waals surface area contributed by atoms with Gasteiger partial charge >= 0.3 is 11.9 Å². The molecular formula is C35H56O4. The fraction of sp³-hybridized carbons (Fsp3) is 0.886. The van der Waals surface area contributed by atoms with E-state index in [1.165, 1.54) is 51.4 Å². The van der Waals surface area contributed by atoms with E-state index in [0.717, 1.165) is 25.7 Å². The van der Waals surface area contributed by atoms with Crippen molar-refractivity contribution in [1.29, 1.82) is 0 Å². The van der Waals surface area contributed by atoms with Crippen LogP contribution in [0.1, 0.15) is 132 Å². The Hall–Kier alpha value is -1.32. The van der Waals surface area contributed by atoms with E-state index >= 15 is 0 Å². The summed E-state index contributed by atoms with van der Waals surface area (Å²) in [5.74, 6) is 2.79. The van der Waals surface area contributed by atoms with Crippen LogP contribution < -0.4 is 0 Å². The molecule has 5 aliphatic rings. The van der Waals surface area contributed by atoms with Crippen LogP contribution in [-0.4, -0.2) is 24.6 Å². The molecule has 9 atom stereocenters. The molecule has 5 aliphatic carbocycles. The zero-order valence-electron chi connectivity index (χ0n) is 26.3. The van der Waals surface area contributed by atoms with Crippen molar-refractivity contribution >= 4 is 11.9 Å². The summed E-state index contributed by atoms with van der Waals surface area (Å²) in [6, 6.07) is 0.